The van der Waals surface area contributed by atoms with E-state index in [-0.39, 0.29) is 11.3 Å². The van der Waals surface area contributed by atoms with Gasteiger partial charge in [0.05, 0.1) is 18.2 Å². The van der Waals surface area contributed by atoms with Crippen LogP contribution in [0.15, 0.2) is 18.2 Å². The molecule has 0 spiro atoms. The van der Waals surface area contributed by atoms with Crippen molar-refractivity contribution in [3.63, 3.8) is 0 Å². The highest BCUT2D eigenvalue weighted by atomic mass is 16.5. The Labute approximate surface area is 202 Å². The topological polar surface area (TPSA) is 77.2 Å². The van der Waals surface area contributed by atoms with Gasteiger partial charge >= 0.3 is 0 Å². The average Bonchev–Trinajstić information content (AvgIpc) is 3.38. The summed E-state index contributed by atoms with van der Waals surface area (Å²) in [7, 11) is 1.64. The monoisotopic (exact) mass is 465 g/mol. The molecular weight excluding hydrogens is 426 g/mol. The Bertz CT molecular complexity index is 1090. The van der Waals surface area contributed by atoms with Gasteiger partial charge in [-0.1, -0.05) is 12.1 Å². The molecule has 1 aromatic carbocycles. The van der Waals surface area contributed by atoms with Gasteiger partial charge in [-0.2, -0.15) is 0 Å². The van der Waals surface area contributed by atoms with Crippen molar-refractivity contribution in [3.05, 3.63) is 18.2 Å². The molecule has 8 unspecified atom stereocenters. The molecule has 4 fully saturated rings. The first-order valence-corrected chi connectivity index (χ1v) is 13.4. The molecule has 34 heavy (non-hydrogen) atoms. The number of hydrogen-bond acceptors (Lipinski definition) is 5. The van der Waals surface area contributed by atoms with Crippen LogP contribution >= 0.6 is 0 Å². The van der Waals surface area contributed by atoms with Gasteiger partial charge in [0.1, 0.15) is 17.8 Å². The number of hydrogen-bond donors (Lipinski definition) is 1. The minimum absolute atomic E-state index is 0.116. The standard InChI is InChI=1S/C28H39N3O3/c1-27(33)12-10-19-17(15-27)4-6-21-20(19)11-13-28(2)22(21)7-8-23(28)26(32)16-31-25-9-5-18(34-3)14-24(25)29-30-31/h5,9,14,17,19-23,33H,4,6-8,10-13,15-16H2,1-3H3. The molecular formula is C28H39N3O3. The van der Waals surface area contributed by atoms with Gasteiger partial charge in [-0.3, -0.25) is 4.79 Å². The summed E-state index contributed by atoms with van der Waals surface area (Å²) >= 11 is 0. The summed E-state index contributed by atoms with van der Waals surface area (Å²) in [6, 6.07) is 5.73. The molecule has 1 N–H and O–H groups in total. The van der Waals surface area contributed by atoms with Crippen molar-refractivity contribution in [2.45, 2.75) is 83.8 Å². The fourth-order valence-electron chi connectivity index (χ4n) is 9.06. The quantitative estimate of drug-likeness (QED) is 0.685. The smallest absolute Gasteiger partial charge is 0.157 e. The summed E-state index contributed by atoms with van der Waals surface area (Å²) < 4.78 is 7.07. The summed E-state index contributed by atoms with van der Waals surface area (Å²) in [6.45, 7) is 4.77. The van der Waals surface area contributed by atoms with Gasteiger partial charge in [0.2, 0.25) is 0 Å². The van der Waals surface area contributed by atoms with Crippen molar-refractivity contribution in [1.29, 1.82) is 0 Å². The lowest BCUT2D eigenvalue weighted by atomic mass is 9.49. The number of aliphatic hydroxyl groups is 1. The van der Waals surface area contributed by atoms with Gasteiger partial charge in [-0.15, -0.1) is 5.10 Å². The van der Waals surface area contributed by atoms with Gasteiger partial charge in [-0.25, -0.2) is 4.68 Å². The second-order valence-corrected chi connectivity index (χ2v) is 12.4. The minimum atomic E-state index is -0.460. The van der Waals surface area contributed by atoms with Crippen LogP contribution in [0.3, 0.4) is 0 Å². The highest BCUT2D eigenvalue weighted by molar-refractivity contribution is 5.84. The molecule has 2 aromatic rings. The molecule has 184 valence electrons. The third-order valence-corrected chi connectivity index (χ3v) is 10.7. The van der Waals surface area contributed by atoms with Crippen molar-refractivity contribution in [1.82, 2.24) is 15.0 Å². The highest BCUT2D eigenvalue weighted by Crippen LogP contribution is 2.64. The number of carbonyl (C=O) groups excluding carboxylic acids is 1. The van der Waals surface area contributed by atoms with Crippen molar-refractivity contribution in [2.24, 2.45) is 40.9 Å². The van der Waals surface area contributed by atoms with Crippen LogP contribution in [0, 0.1) is 40.9 Å². The average molecular weight is 466 g/mol. The van der Waals surface area contributed by atoms with E-state index in [1.165, 1.54) is 38.5 Å². The molecule has 0 radical (unpaired) electrons. The van der Waals surface area contributed by atoms with E-state index in [1.54, 1.807) is 11.8 Å². The normalized spacial score (nSPS) is 41.5. The molecule has 4 aliphatic rings. The first-order valence-electron chi connectivity index (χ1n) is 13.4. The third-order valence-electron chi connectivity index (χ3n) is 10.7. The van der Waals surface area contributed by atoms with Crippen LogP contribution in [-0.4, -0.2) is 38.6 Å². The zero-order valence-corrected chi connectivity index (χ0v) is 20.9. The van der Waals surface area contributed by atoms with Crippen LogP contribution in [0.2, 0.25) is 0 Å². The summed E-state index contributed by atoms with van der Waals surface area (Å²) in [5.41, 5.74) is 1.32. The predicted molar refractivity (Wildman–Crippen MR) is 130 cm³/mol. The Balaban J connectivity index is 1.19. The van der Waals surface area contributed by atoms with Crippen LogP contribution < -0.4 is 4.74 Å². The highest BCUT2D eigenvalue weighted by Gasteiger charge is 2.58. The second kappa shape index (κ2) is 8.04. The largest absolute Gasteiger partial charge is 0.497 e. The maximum Gasteiger partial charge on any atom is 0.157 e. The number of fused-ring (bicyclic) bond motifs is 6. The number of Topliss-reactive ketones (excluding diaryl/α,β-unsaturated/α-hetero) is 1. The van der Waals surface area contributed by atoms with Gasteiger partial charge < -0.3 is 9.84 Å². The van der Waals surface area contributed by atoms with Gasteiger partial charge in [-0.05, 0) is 112 Å². The summed E-state index contributed by atoms with van der Waals surface area (Å²) in [4.78, 5) is 13.7. The number of carbonyl (C=O) groups is 1. The van der Waals surface area contributed by atoms with E-state index in [2.05, 4.69) is 17.2 Å². The Kier molecular flexibility index (Phi) is 5.32. The fourth-order valence-corrected chi connectivity index (χ4v) is 9.06. The molecule has 0 aliphatic heterocycles. The number of aromatic nitrogens is 3. The molecule has 4 saturated carbocycles. The predicted octanol–water partition coefficient (Wildman–Crippen LogP) is 5.03. The second-order valence-electron chi connectivity index (χ2n) is 12.4. The van der Waals surface area contributed by atoms with E-state index in [4.69, 9.17) is 4.74 Å². The number of ether oxygens (including phenoxy) is 1. The molecule has 1 heterocycles. The van der Waals surface area contributed by atoms with E-state index in [0.29, 0.717) is 24.2 Å². The number of nitrogens with zero attached hydrogens (tertiary/aromatic N) is 3. The van der Waals surface area contributed by atoms with Gasteiger partial charge in [0, 0.05) is 12.0 Å². The maximum absolute atomic E-state index is 13.7. The molecule has 0 bridgehead atoms. The summed E-state index contributed by atoms with van der Waals surface area (Å²) in [6.07, 6.45) is 10.3. The molecule has 4 aliphatic carbocycles. The zero-order valence-electron chi connectivity index (χ0n) is 20.9. The molecule has 0 amide bonds. The summed E-state index contributed by atoms with van der Waals surface area (Å²) in [5, 5.41) is 19.2. The van der Waals surface area contributed by atoms with Crippen molar-refractivity contribution >= 4 is 16.8 Å². The van der Waals surface area contributed by atoms with Gasteiger partial charge in [0.15, 0.2) is 5.78 Å². The van der Waals surface area contributed by atoms with E-state index >= 15 is 0 Å². The number of methoxy groups -OCH3 is 1. The Morgan fingerprint density at radius 3 is 2.74 bits per heavy atom. The lowest BCUT2D eigenvalue weighted by Gasteiger charge is -2.56. The van der Waals surface area contributed by atoms with E-state index in [0.717, 1.165) is 53.8 Å². The number of benzene rings is 1. The number of rotatable bonds is 4. The molecule has 0 saturated heterocycles. The van der Waals surface area contributed by atoms with Crippen molar-refractivity contribution in [2.75, 3.05) is 7.11 Å². The van der Waals surface area contributed by atoms with Crippen molar-refractivity contribution < 1.29 is 14.6 Å². The van der Waals surface area contributed by atoms with Crippen molar-refractivity contribution in [3.8, 4) is 5.75 Å². The lowest BCUT2D eigenvalue weighted by molar-refractivity contribution is -0.133. The van der Waals surface area contributed by atoms with Crippen LogP contribution in [-0.2, 0) is 11.3 Å². The maximum atomic E-state index is 13.7. The fraction of sp³-hybridized carbons (Fsp3) is 0.750. The Morgan fingerprint density at radius 1 is 1.09 bits per heavy atom. The first-order chi connectivity index (χ1) is 16.3. The van der Waals surface area contributed by atoms with E-state index < -0.39 is 5.60 Å². The number of ketones is 1. The summed E-state index contributed by atoms with van der Waals surface area (Å²) in [5.74, 6) is 4.93. The lowest BCUT2D eigenvalue weighted by Crippen LogP contribution is -2.51. The van der Waals surface area contributed by atoms with Gasteiger partial charge in [0.25, 0.3) is 0 Å². The SMILES string of the molecule is COc1ccc2c(c1)nnn2CC(=O)C1CCC2C3CCC4CC(C)(O)CCC4C3CCC12C. The van der Waals surface area contributed by atoms with Crippen LogP contribution in [0.4, 0.5) is 0 Å². The van der Waals surface area contributed by atoms with Crippen LogP contribution in [0.25, 0.3) is 11.0 Å². The third kappa shape index (κ3) is 3.51. The Hall–Kier alpha value is -1.95. The van der Waals surface area contributed by atoms with Crippen LogP contribution in [0.5, 0.6) is 5.75 Å². The zero-order chi connectivity index (χ0) is 23.7. The minimum Gasteiger partial charge on any atom is -0.497 e. The molecule has 1 aromatic heterocycles. The molecule has 6 nitrogen and oxygen atoms in total. The molecule has 6 heteroatoms. The van der Waals surface area contributed by atoms with Crippen LogP contribution in [0.1, 0.15) is 71.6 Å². The molecule has 8 atom stereocenters. The Morgan fingerprint density at radius 2 is 1.91 bits per heavy atom. The first kappa shape index (κ1) is 22.5. The van der Waals surface area contributed by atoms with E-state index in [9.17, 15) is 9.90 Å². The van der Waals surface area contributed by atoms with E-state index in [1.807, 2.05) is 25.1 Å². The molecule has 6 rings (SSSR count).